The van der Waals surface area contributed by atoms with E-state index in [0.29, 0.717) is 0 Å². The Labute approximate surface area is 512 Å². The minimum absolute atomic E-state index is 0.0130. The van der Waals surface area contributed by atoms with Gasteiger partial charge in [0.1, 0.15) is 11.2 Å². The molecule has 0 N–H and O–H groups in total. The summed E-state index contributed by atoms with van der Waals surface area (Å²) < 4.78 is 9.17. The van der Waals surface area contributed by atoms with Crippen LogP contribution in [0.25, 0.3) is 60.6 Å². The molecule has 2 aliphatic rings. The Balaban J connectivity index is 0.997. The Bertz CT molecular complexity index is 4890. The first-order chi connectivity index (χ1) is 41.8. The molecule has 0 radical (unpaired) electrons. The first-order valence-corrected chi connectivity index (χ1v) is 30.9. The Hall–Kier alpha value is -9.52. The van der Waals surface area contributed by atoms with Crippen LogP contribution < -0.4 is 31.1 Å². The molecular formula is C81H73BN4O. The number of para-hydroxylation sites is 4. The molecule has 0 unspecified atom stereocenters. The van der Waals surface area contributed by atoms with Gasteiger partial charge in [-0.3, -0.25) is 0 Å². The monoisotopic (exact) mass is 1130 g/mol. The van der Waals surface area contributed by atoms with Crippen LogP contribution in [0, 0.1) is 20.8 Å². The van der Waals surface area contributed by atoms with Gasteiger partial charge < -0.3 is 23.7 Å². The standard InChI is InChI=1S/C81H73BN4O/c1-50-43-73-77-74(44-50)86(61-45-51(2)76(52(3)46-61)66-26-20-25-65-64-24-17-19-28-75(64)87-78(65)66)72-49-60(39-42-68(72)82(77)67-41-33-55(81(10,11)12)47-71(67)85(73)58-36-31-54(32-37-58)80(7,8)9)83(57-34-29-53(30-35-57)79(4,5)6)59-38-40-63-62-23-16-18-27-69(62)84(70(63)48-59)56-21-14-13-15-22-56/h13-49H,1-12H3. The van der Waals surface area contributed by atoms with Crippen molar-refractivity contribution in [2.24, 2.45) is 0 Å². The molecule has 0 atom stereocenters. The van der Waals surface area contributed by atoms with Gasteiger partial charge in [-0.25, -0.2) is 0 Å². The average molecular weight is 1130 g/mol. The Morgan fingerprint density at radius 3 is 1.59 bits per heavy atom. The third kappa shape index (κ3) is 8.81. The molecule has 4 heterocycles. The van der Waals surface area contributed by atoms with Gasteiger partial charge in [0.25, 0.3) is 6.71 Å². The number of furan rings is 1. The minimum Gasteiger partial charge on any atom is -0.455 e. The van der Waals surface area contributed by atoms with Gasteiger partial charge in [0.05, 0.1) is 11.0 Å². The zero-order chi connectivity index (χ0) is 60.0. The van der Waals surface area contributed by atoms with Crippen molar-refractivity contribution in [2.75, 3.05) is 14.7 Å². The predicted octanol–water partition coefficient (Wildman–Crippen LogP) is 20.7. The maximum absolute atomic E-state index is 6.75. The van der Waals surface area contributed by atoms with Gasteiger partial charge in [-0.2, -0.15) is 0 Å². The summed E-state index contributed by atoms with van der Waals surface area (Å²) in [6.45, 7) is 27.5. The summed E-state index contributed by atoms with van der Waals surface area (Å²) in [6.07, 6.45) is 0. The van der Waals surface area contributed by atoms with Crippen LogP contribution in [-0.2, 0) is 16.2 Å². The van der Waals surface area contributed by atoms with Gasteiger partial charge in [-0.1, -0.05) is 184 Å². The third-order valence-corrected chi connectivity index (χ3v) is 18.7. The quantitative estimate of drug-likeness (QED) is 0.149. The van der Waals surface area contributed by atoms with E-state index >= 15 is 0 Å². The molecule has 0 bridgehead atoms. The Kier molecular flexibility index (Phi) is 12.3. The summed E-state index contributed by atoms with van der Waals surface area (Å²) in [7, 11) is 0. The highest BCUT2D eigenvalue weighted by Crippen LogP contribution is 2.50. The van der Waals surface area contributed by atoms with E-state index in [4.69, 9.17) is 4.42 Å². The largest absolute Gasteiger partial charge is 0.455 e. The first kappa shape index (κ1) is 54.2. The number of rotatable bonds is 7. The topological polar surface area (TPSA) is 27.8 Å². The van der Waals surface area contributed by atoms with Crippen LogP contribution in [0.4, 0.5) is 51.2 Å². The van der Waals surface area contributed by atoms with E-state index in [9.17, 15) is 0 Å². The van der Waals surface area contributed by atoms with Gasteiger partial charge >= 0.3 is 0 Å². The van der Waals surface area contributed by atoms with Crippen molar-refractivity contribution < 1.29 is 4.42 Å². The lowest BCUT2D eigenvalue weighted by Gasteiger charge is -2.45. The number of aromatic nitrogens is 1. The van der Waals surface area contributed by atoms with E-state index < -0.39 is 0 Å². The first-order valence-electron chi connectivity index (χ1n) is 30.9. The van der Waals surface area contributed by atoms with E-state index in [1.165, 1.54) is 88.7 Å². The molecular weight excluding hydrogens is 1060 g/mol. The van der Waals surface area contributed by atoms with E-state index in [0.717, 1.165) is 72.8 Å². The minimum atomic E-state index is -0.0744. The third-order valence-electron chi connectivity index (χ3n) is 18.7. The van der Waals surface area contributed by atoms with Crippen LogP contribution in [-0.4, -0.2) is 11.3 Å². The summed E-state index contributed by atoms with van der Waals surface area (Å²) in [6, 6.07) is 84.7. The van der Waals surface area contributed by atoms with Crippen LogP contribution in [0.15, 0.2) is 229 Å². The zero-order valence-corrected chi connectivity index (χ0v) is 52.1. The lowest BCUT2D eigenvalue weighted by atomic mass is 9.33. The second-order valence-electron chi connectivity index (χ2n) is 27.6. The second kappa shape index (κ2) is 19.8. The van der Waals surface area contributed by atoms with Crippen molar-refractivity contribution in [3.05, 3.63) is 258 Å². The molecule has 0 saturated carbocycles. The Morgan fingerprint density at radius 1 is 0.379 bits per heavy atom. The van der Waals surface area contributed by atoms with Gasteiger partial charge in [0, 0.05) is 84.0 Å². The molecule has 5 nitrogen and oxygen atoms in total. The molecule has 2 aliphatic heterocycles. The van der Waals surface area contributed by atoms with Crippen molar-refractivity contribution in [2.45, 2.75) is 99.3 Å². The number of anilines is 9. The molecule has 6 heteroatoms. The maximum Gasteiger partial charge on any atom is 0.252 e. The second-order valence-corrected chi connectivity index (χ2v) is 27.6. The molecule has 11 aromatic carbocycles. The van der Waals surface area contributed by atoms with Crippen molar-refractivity contribution >= 4 is 118 Å². The lowest BCUT2D eigenvalue weighted by molar-refractivity contribution is 0.590. The lowest BCUT2D eigenvalue weighted by Crippen LogP contribution is -2.61. The number of hydrogen-bond donors (Lipinski definition) is 0. The molecule has 0 spiro atoms. The normalized spacial score (nSPS) is 13.2. The molecule has 0 saturated heterocycles. The molecule has 0 aliphatic carbocycles. The molecule has 87 heavy (non-hydrogen) atoms. The molecule has 0 amide bonds. The fourth-order valence-corrected chi connectivity index (χ4v) is 14.3. The zero-order valence-electron chi connectivity index (χ0n) is 52.1. The fraction of sp³-hybridized carbons (Fsp3) is 0.185. The average Bonchev–Trinajstić information content (AvgIpc) is 1.67. The number of benzene rings is 11. The van der Waals surface area contributed by atoms with Crippen LogP contribution in [0.3, 0.4) is 0 Å². The highest BCUT2D eigenvalue weighted by atomic mass is 16.3. The van der Waals surface area contributed by atoms with Gasteiger partial charge in [-0.05, 0) is 195 Å². The van der Waals surface area contributed by atoms with E-state index in [2.05, 4.69) is 327 Å². The molecule has 2 aromatic heterocycles. The molecule has 426 valence electrons. The van der Waals surface area contributed by atoms with E-state index in [1.807, 2.05) is 0 Å². The Morgan fingerprint density at radius 2 is 0.908 bits per heavy atom. The van der Waals surface area contributed by atoms with Crippen molar-refractivity contribution in [1.82, 2.24) is 4.57 Å². The summed E-state index contributed by atoms with van der Waals surface area (Å²) in [5.74, 6) is 0. The number of aryl methyl sites for hydroxylation is 3. The summed E-state index contributed by atoms with van der Waals surface area (Å²) in [5.41, 5.74) is 29.1. The van der Waals surface area contributed by atoms with Gasteiger partial charge in [0.15, 0.2) is 0 Å². The smallest absolute Gasteiger partial charge is 0.252 e. The van der Waals surface area contributed by atoms with E-state index in [1.54, 1.807) is 0 Å². The van der Waals surface area contributed by atoms with Gasteiger partial charge in [0.2, 0.25) is 0 Å². The summed E-state index contributed by atoms with van der Waals surface area (Å²) in [5, 5.41) is 4.71. The summed E-state index contributed by atoms with van der Waals surface area (Å²) in [4.78, 5) is 7.65. The fourth-order valence-electron chi connectivity index (χ4n) is 14.3. The van der Waals surface area contributed by atoms with Gasteiger partial charge in [-0.15, -0.1) is 0 Å². The molecule has 0 fully saturated rings. The van der Waals surface area contributed by atoms with E-state index in [-0.39, 0.29) is 23.0 Å². The number of fused-ring (bicyclic) bond motifs is 10. The molecule has 15 rings (SSSR count). The van der Waals surface area contributed by atoms with Crippen LogP contribution >= 0.6 is 0 Å². The van der Waals surface area contributed by atoms with Crippen molar-refractivity contribution in [3.8, 4) is 16.8 Å². The van der Waals surface area contributed by atoms with Crippen LogP contribution in [0.2, 0.25) is 0 Å². The highest BCUT2D eigenvalue weighted by molar-refractivity contribution is 7.00. The summed E-state index contributed by atoms with van der Waals surface area (Å²) >= 11 is 0. The maximum atomic E-state index is 6.75. The van der Waals surface area contributed by atoms with Crippen molar-refractivity contribution in [1.29, 1.82) is 0 Å². The predicted molar refractivity (Wildman–Crippen MR) is 373 cm³/mol. The van der Waals surface area contributed by atoms with Crippen LogP contribution in [0.1, 0.15) is 95.7 Å². The number of nitrogens with zero attached hydrogens (tertiary/aromatic N) is 4. The number of hydrogen-bond acceptors (Lipinski definition) is 4. The molecule has 13 aromatic rings. The highest BCUT2D eigenvalue weighted by Gasteiger charge is 2.44. The SMILES string of the molecule is Cc1cc2c3c(c1)N(c1ccc(C(C)(C)C)cc1)c1cc(C(C)(C)C)ccc1B3c1ccc(N(c3ccc(C(C)(C)C)cc3)c3ccc4c5ccccc5n(-c5ccccc5)c4c3)cc1N2c1cc(C)c(-c2cccc3c2oc2ccccc23)c(C)c1. The van der Waals surface area contributed by atoms with Crippen LogP contribution in [0.5, 0.6) is 0 Å². The van der Waals surface area contributed by atoms with Crippen molar-refractivity contribution in [3.63, 3.8) is 0 Å².